The van der Waals surface area contributed by atoms with Crippen LogP contribution in [-0.4, -0.2) is 16.8 Å². The van der Waals surface area contributed by atoms with E-state index in [9.17, 15) is 13.7 Å². The van der Waals surface area contributed by atoms with Gasteiger partial charge in [0.15, 0.2) is 4.90 Å². The summed E-state index contributed by atoms with van der Waals surface area (Å²) in [5.41, 5.74) is 6.79. The smallest absolute Gasteiger partial charge is 0.336 e. The second-order valence-electron chi connectivity index (χ2n) is 9.37. The first-order chi connectivity index (χ1) is 18.9. The van der Waals surface area contributed by atoms with Gasteiger partial charge in [0.1, 0.15) is 12.1 Å². The van der Waals surface area contributed by atoms with Gasteiger partial charge < -0.3 is 9.39 Å². The minimum Gasteiger partial charge on any atom is -0.612 e. The van der Waals surface area contributed by atoms with Crippen LogP contribution in [-0.2, 0) is 27.4 Å². The van der Waals surface area contributed by atoms with Gasteiger partial charge in [-0.05, 0) is 112 Å². The third-order valence-electron chi connectivity index (χ3n) is 6.72. The predicted octanol–water partition coefficient (Wildman–Crippen LogP) is 7.45. The van der Waals surface area contributed by atoms with Gasteiger partial charge in [-0.1, -0.05) is 54.6 Å². The lowest BCUT2D eigenvalue weighted by Crippen LogP contribution is -2.26. The number of hydroxylamine groups is 1. The summed E-state index contributed by atoms with van der Waals surface area (Å²) < 4.78 is 26.1. The van der Waals surface area contributed by atoms with Crippen LogP contribution >= 0.6 is 0 Å². The number of allylic oxidation sites excluding steroid dienone is 2. The largest absolute Gasteiger partial charge is 0.612 e. The van der Waals surface area contributed by atoms with Crippen LogP contribution in [0.5, 0.6) is 0 Å². The molecule has 0 N–H and O–H groups in total. The molecule has 1 aliphatic rings. The van der Waals surface area contributed by atoms with E-state index in [0.29, 0.717) is 12.1 Å². The number of halogens is 1. The van der Waals surface area contributed by atoms with Crippen LogP contribution in [0.4, 0.5) is 10.1 Å². The van der Waals surface area contributed by atoms with Crippen LogP contribution in [0, 0.1) is 5.82 Å². The molecule has 0 radical (unpaired) electrons. The highest BCUT2D eigenvalue weighted by molar-refractivity contribution is 7.90. The van der Waals surface area contributed by atoms with E-state index in [2.05, 4.69) is 0 Å². The number of hydrogen-bond acceptors (Lipinski definition) is 4. The predicted molar refractivity (Wildman–Crippen MR) is 155 cm³/mol. The Morgan fingerprint density at radius 3 is 2.26 bits per heavy atom. The van der Waals surface area contributed by atoms with Crippen molar-refractivity contribution < 1.29 is 18.6 Å². The Morgan fingerprint density at radius 1 is 0.923 bits per heavy atom. The summed E-state index contributed by atoms with van der Waals surface area (Å²) in [4.78, 5) is 20.0. The zero-order chi connectivity index (χ0) is 27.4. The SMILES string of the molecule is CC1=C(CC(=O)ON(Cc2ccccc2)c2ccccc2)c2cc(F)ccc2/C1=C\c1ccc([S+](C)[O-])cc1. The molecule has 0 spiro atoms. The van der Waals surface area contributed by atoms with E-state index in [1.165, 1.54) is 12.1 Å². The van der Waals surface area contributed by atoms with Gasteiger partial charge in [-0.25, -0.2) is 14.2 Å². The molecule has 39 heavy (non-hydrogen) atoms. The fourth-order valence-corrected chi connectivity index (χ4v) is 5.24. The molecular formula is C33H28FNO3S. The number of carbonyl (C=O) groups excluding carboxylic acids is 1. The Balaban J connectivity index is 1.43. The zero-order valence-electron chi connectivity index (χ0n) is 21.8. The molecule has 0 saturated heterocycles. The van der Waals surface area contributed by atoms with Gasteiger partial charge in [-0.3, -0.25) is 0 Å². The fourth-order valence-electron chi connectivity index (χ4n) is 4.72. The van der Waals surface area contributed by atoms with E-state index >= 15 is 0 Å². The summed E-state index contributed by atoms with van der Waals surface area (Å²) in [6.07, 6.45) is 3.65. The minimum absolute atomic E-state index is 0.00843. The molecule has 6 heteroatoms. The van der Waals surface area contributed by atoms with Crippen LogP contribution in [0.2, 0.25) is 0 Å². The summed E-state index contributed by atoms with van der Waals surface area (Å²) in [7, 11) is 0. The summed E-state index contributed by atoms with van der Waals surface area (Å²) in [6, 6.07) is 31.4. The van der Waals surface area contributed by atoms with Crippen LogP contribution in [0.15, 0.2) is 114 Å². The Bertz CT molecular complexity index is 1530. The number of anilines is 1. The molecule has 1 aliphatic carbocycles. The van der Waals surface area contributed by atoms with Crippen molar-refractivity contribution in [1.82, 2.24) is 0 Å². The average Bonchev–Trinajstić information content (AvgIpc) is 3.19. The Morgan fingerprint density at radius 2 is 1.59 bits per heavy atom. The van der Waals surface area contributed by atoms with E-state index in [-0.39, 0.29) is 12.2 Å². The standard InChI is InChI=1S/C33H28FNO3S/c1-23-30(19-24-13-16-28(17-14-24)39(2)37)29-18-15-26(34)20-32(29)31(23)21-33(36)38-35(27-11-7-4-8-12-27)22-25-9-5-3-6-10-25/h3-20H,21-22H2,1-2H3/b30-19-. The van der Waals surface area contributed by atoms with E-state index in [4.69, 9.17) is 4.84 Å². The molecule has 0 saturated carbocycles. The molecule has 0 fully saturated rings. The van der Waals surface area contributed by atoms with Gasteiger partial charge in [0.25, 0.3) is 0 Å². The Kier molecular flexibility index (Phi) is 7.96. The van der Waals surface area contributed by atoms with Crippen LogP contribution in [0.1, 0.15) is 35.6 Å². The third kappa shape index (κ3) is 6.14. The number of para-hydroxylation sites is 1. The number of rotatable bonds is 8. The van der Waals surface area contributed by atoms with Crippen molar-refractivity contribution >= 4 is 40.1 Å². The first-order valence-electron chi connectivity index (χ1n) is 12.6. The normalized spacial score (nSPS) is 14.3. The lowest BCUT2D eigenvalue weighted by atomic mass is 10.0. The summed E-state index contributed by atoms with van der Waals surface area (Å²) in [5.74, 6) is -0.797. The summed E-state index contributed by atoms with van der Waals surface area (Å²) in [5, 5.41) is 1.59. The summed E-state index contributed by atoms with van der Waals surface area (Å²) in [6.45, 7) is 2.34. The van der Waals surface area contributed by atoms with Crippen molar-refractivity contribution in [1.29, 1.82) is 0 Å². The monoisotopic (exact) mass is 537 g/mol. The van der Waals surface area contributed by atoms with Crippen molar-refractivity contribution in [2.75, 3.05) is 11.3 Å². The molecule has 4 aromatic carbocycles. The van der Waals surface area contributed by atoms with Gasteiger partial charge in [0.05, 0.1) is 18.7 Å². The zero-order valence-corrected chi connectivity index (χ0v) is 22.6. The highest BCUT2D eigenvalue weighted by Gasteiger charge is 2.27. The third-order valence-corrected chi connectivity index (χ3v) is 7.66. The number of benzene rings is 4. The lowest BCUT2D eigenvalue weighted by molar-refractivity contribution is -0.144. The molecule has 4 nitrogen and oxygen atoms in total. The Labute approximate surface area is 231 Å². The van der Waals surface area contributed by atoms with Crippen molar-refractivity contribution in [3.8, 4) is 0 Å². The number of fused-ring (bicyclic) bond motifs is 1. The first kappa shape index (κ1) is 26.5. The molecule has 5 rings (SSSR count). The van der Waals surface area contributed by atoms with E-state index in [0.717, 1.165) is 44.0 Å². The second-order valence-corrected chi connectivity index (χ2v) is 10.8. The molecule has 0 bridgehead atoms. The van der Waals surface area contributed by atoms with Gasteiger partial charge in [0, 0.05) is 0 Å². The molecule has 0 aromatic heterocycles. The van der Waals surface area contributed by atoms with E-state index < -0.39 is 17.1 Å². The van der Waals surface area contributed by atoms with Crippen LogP contribution < -0.4 is 5.06 Å². The first-order valence-corrected chi connectivity index (χ1v) is 14.2. The van der Waals surface area contributed by atoms with E-state index in [1.807, 2.05) is 97.9 Å². The number of hydrogen-bond donors (Lipinski definition) is 0. The topological polar surface area (TPSA) is 52.6 Å². The highest BCUT2D eigenvalue weighted by Crippen LogP contribution is 2.44. The molecular weight excluding hydrogens is 509 g/mol. The van der Waals surface area contributed by atoms with Crippen molar-refractivity contribution in [3.05, 3.63) is 137 Å². The molecule has 4 aromatic rings. The highest BCUT2D eigenvalue weighted by atomic mass is 32.2. The molecule has 0 aliphatic heterocycles. The maximum Gasteiger partial charge on any atom is 0.336 e. The maximum absolute atomic E-state index is 14.4. The van der Waals surface area contributed by atoms with Crippen molar-refractivity contribution in [2.45, 2.75) is 24.8 Å². The van der Waals surface area contributed by atoms with Crippen LogP contribution in [0.3, 0.4) is 0 Å². The Hall–Kier alpha value is -4.13. The molecule has 196 valence electrons. The van der Waals surface area contributed by atoms with E-state index in [1.54, 1.807) is 17.4 Å². The fraction of sp³-hybridized carbons (Fsp3) is 0.121. The second kappa shape index (κ2) is 11.7. The van der Waals surface area contributed by atoms with Gasteiger partial charge in [-0.15, -0.1) is 0 Å². The molecule has 0 heterocycles. The molecule has 1 atom stereocenters. The maximum atomic E-state index is 14.4. The quantitative estimate of drug-likeness (QED) is 0.173. The van der Waals surface area contributed by atoms with Crippen molar-refractivity contribution in [2.24, 2.45) is 0 Å². The minimum atomic E-state index is -1.06. The van der Waals surface area contributed by atoms with Gasteiger partial charge in [-0.2, -0.15) is 0 Å². The number of carbonyl (C=O) groups is 1. The van der Waals surface area contributed by atoms with Crippen molar-refractivity contribution in [3.63, 3.8) is 0 Å². The lowest BCUT2D eigenvalue weighted by Gasteiger charge is -2.23. The summed E-state index contributed by atoms with van der Waals surface area (Å²) >= 11 is -1.06. The average molecular weight is 538 g/mol. The van der Waals surface area contributed by atoms with Crippen LogP contribution in [0.25, 0.3) is 17.2 Å². The molecule has 1 unspecified atom stereocenters. The number of nitrogens with zero attached hydrogens (tertiary/aromatic N) is 1. The molecule has 0 amide bonds. The van der Waals surface area contributed by atoms with Gasteiger partial charge in [0.2, 0.25) is 0 Å². The van der Waals surface area contributed by atoms with Gasteiger partial charge >= 0.3 is 5.97 Å².